The third-order valence-corrected chi connectivity index (χ3v) is 4.76. The minimum atomic E-state index is -0.256. The van der Waals surface area contributed by atoms with E-state index in [1.807, 2.05) is 12.1 Å². The van der Waals surface area contributed by atoms with Crippen LogP contribution in [-0.2, 0) is 5.33 Å². The van der Waals surface area contributed by atoms with E-state index >= 15 is 0 Å². The highest BCUT2D eigenvalue weighted by molar-refractivity contribution is 9.08. The van der Waals surface area contributed by atoms with Crippen molar-refractivity contribution in [2.75, 3.05) is 11.4 Å². The van der Waals surface area contributed by atoms with Gasteiger partial charge in [0.25, 0.3) is 5.69 Å². The van der Waals surface area contributed by atoms with E-state index in [9.17, 15) is 10.1 Å². The van der Waals surface area contributed by atoms with E-state index in [4.69, 9.17) is 0 Å². The van der Waals surface area contributed by atoms with Crippen LogP contribution in [0.25, 0.3) is 0 Å². The normalized spacial score (nSPS) is 25.7. The van der Waals surface area contributed by atoms with Gasteiger partial charge < -0.3 is 4.90 Å². The van der Waals surface area contributed by atoms with Gasteiger partial charge in [-0.05, 0) is 36.8 Å². The first-order chi connectivity index (χ1) is 8.69. The van der Waals surface area contributed by atoms with Gasteiger partial charge in [-0.2, -0.15) is 0 Å². The summed E-state index contributed by atoms with van der Waals surface area (Å²) in [6, 6.07) is 6.10. The van der Waals surface area contributed by atoms with Crippen LogP contribution < -0.4 is 4.90 Å². The summed E-state index contributed by atoms with van der Waals surface area (Å²) in [4.78, 5) is 13.2. The lowest BCUT2D eigenvalue weighted by Gasteiger charge is -2.28. The minimum Gasteiger partial charge on any atom is -0.363 e. The molecule has 0 spiro atoms. The molecule has 4 nitrogen and oxygen atoms in total. The Morgan fingerprint density at radius 3 is 2.83 bits per heavy atom. The Kier molecular flexibility index (Phi) is 3.01. The van der Waals surface area contributed by atoms with Gasteiger partial charge in [0, 0.05) is 24.0 Å². The van der Waals surface area contributed by atoms with Crippen LogP contribution in [0.15, 0.2) is 18.2 Å². The van der Waals surface area contributed by atoms with Gasteiger partial charge in [-0.1, -0.05) is 22.0 Å². The largest absolute Gasteiger partial charge is 0.363 e. The molecular formula is C13H15BrN2O2. The Morgan fingerprint density at radius 2 is 2.28 bits per heavy atom. The molecule has 0 N–H and O–H groups in total. The number of rotatable bonds is 3. The van der Waals surface area contributed by atoms with Crippen molar-refractivity contribution in [3.05, 3.63) is 33.9 Å². The quantitative estimate of drug-likeness (QED) is 0.488. The van der Waals surface area contributed by atoms with E-state index in [2.05, 4.69) is 20.8 Å². The van der Waals surface area contributed by atoms with E-state index in [1.165, 1.54) is 19.3 Å². The second-order valence-corrected chi connectivity index (χ2v) is 5.76. The molecule has 2 unspecified atom stereocenters. The molecular weight excluding hydrogens is 296 g/mol. The molecule has 18 heavy (non-hydrogen) atoms. The van der Waals surface area contributed by atoms with E-state index < -0.39 is 0 Å². The number of piperidine rings is 1. The highest BCUT2D eigenvalue weighted by atomic mass is 79.9. The maximum Gasteiger partial charge on any atom is 0.292 e. The summed E-state index contributed by atoms with van der Waals surface area (Å²) in [5.41, 5.74) is 2.01. The average Bonchev–Trinajstić information content (AvgIpc) is 3.00. The zero-order chi connectivity index (χ0) is 12.7. The van der Waals surface area contributed by atoms with Gasteiger partial charge in [0.05, 0.1) is 4.92 Å². The molecule has 1 aliphatic carbocycles. The van der Waals surface area contributed by atoms with Crippen LogP contribution in [-0.4, -0.2) is 17.5 Å². The number of halogens is 1. The molecule has 1 aliphatic heterocycles. The van der Waals surface area contributed by atoms with Crippen molar-refractivity contribution in [3.8, 4) is 0 Å². The predicted octanol–water partition coefficient (Wildman–Crippen LogP) is 3.48. The number of benzene rings is 1. The molecule has 2 aliphatic rings. The van der Waals surface area contributed by atoms with E-state index in [0.717, 1.165) is 23.7 Å². The second kappa shape index (κ2) is 4.53. The number of nitro benzene ring substituents is 1. The Bertz CT molecular complexity index is 492. The Morgan fingerprint density at radius 1 is 1.44 bits per heavy atom. The third kappa shape index (κ3) is 1.90. The molecule has 96 valence electrons. The van der Waals surface area contributed by atoms with Gasteiger partial charge in [-0.25, -0.2) is 0 Å². The molecule has 2 bridgehead atoms. The molecule has 1 heterocycles. The maximum atomic E-state index is 11.2. The van der Waals surface area contributed by atoms with Crippen LogP contribution in [0.2, 0.25) is 0 Å². The van der Waals surface area contributed by atoms with Gasteiger partial charge in [0.2, 0.25) is 0 Å². The maximum absolute atomic E-state index is 11.2. The number of hydrogen-bond donors (Lipinski definition) is 0. The van der Waals surface area contributed by atoms with Gasteiger partial charge >= 0.3 is 0 Å². The van der Waals surface area contributed by atoms with Crippen molar-refractivity contribution >= 4 is 27.3 Å². The van der Waals surface area contributed by atoms with Gasteiger partial charge in [-0.3, -0.25) is 10.1 Å². The lowest BCUT2D eigenvalue weighted by molar-refractivity contribution is -0.384. The van der Waals surface area contributed by atoms with Crippen LogP contribution in [0.4, 0.5) is 11.4 Å². The van der Waals surface area contributed by atoms with Crippen molar-refractivity contribution in [2.45, 2.75) is 30.6 Å². The summed E-state index contributed by atoms with van der Waals surface area (Å²) in [7, 11) is 0. The number of anilines is 1. The fraction of sp³-hybridized carbons (Fsp3) is 0.538. The topological polar surface area (TPSA) is 46.4 Å². The van der Waals surface area contributed by atoms with Crippen LogP contribution in [0.1, 0.15) is 24.8 Å². The summed E-state index contributed by atoms with van der Waals surface area (Å²) in [5.74, 6) is 0.741. The predicted molar refractivity (Wildman–Crippen MR) is 74.2 cm³/mol. The molecule has 1 aromatic carbocycles. The van der Waals surface area contributed by atoms with E-state index in [-0.39, 0.29) is 10.6 Å². The van der Waals surface area contributed by atoms with Crippen LogP contribution in [0.3, 0.4) is 0 Å². The standard InChI is InChI=1S/C13H15BrN2O2/c14-7-9-2-4-12(13(6-9)16(17)18)15-8-10-1-3-11(15)5-10/h2,4,6,10-11H,1,3,5,7-8H2. The molecule has 0 amide bonds. The minimum absolute atomic E-state index is 0.250. The van der Waals surface area contributed by atoms with Crippen molar-refractivity contribution in [1.82, 2.24) is 0 Å². The molecule has 5 heteroatoms. The molecule has 1 saturated heterocycles. The number of alkyl halides is 1. The SMILES string of the molecule is O=[N+]([O-])c1cc(CBr)ccc1N1CC2CCC1C2. The van der Waals surface area contributed by atoms with E-state index in [1.54, 1.807) is 6.07 Å². The van der Waals surface area contributed by atoms with Crippen molar-refractivity contribution in [1.29, 1.82) is 0 Å². The summed E-state index contributed by atoms with van der Waals surface area (Å²) in [5, 5.41) is 11.9. The van der Waals surface area contributed by atoms with Crippen LogP contribution >= 0.6 is 15.9 Å². The number of nitrogens with zero attached hydrogens (tertiary/aromatic N) is 2. The van der Waals surface area contributed by atoms with E-state index in [0.29, 0.717) is 11.4 Å². The van der Waals surface area contributed by atoms with Crippen molar-refractivity contribution in [2.24, 2.45) is 5.92 Å². The molecule has 0 aromatic heterocycles. The number of hydrogen-bond acceptors (Lipinski definition) is 3. The Balaban J connectivity index is 1.98. The van der Waals surface area contributed by atoms with Gasteiger partial charge in [-0.15, -0.1) is 0 Å². The fourth-order valence-corrected chi connectivity index (χ4v) is 3.61. The third-order valence-electron chi connectivity index (χ3n) is 4.11. The Hall–Kier alpha value is -1.10. The van der Waals surface area contributed by atoms with Gasteiger partial charge in [0.1, 0.15) is 5.69 Å². The highest BCUT2D eigenvalue weighted by Gasteiger charge is 2.39. The molecule has 0 radical (unpaired) electrons. The lowest BCUT2D eigenvalue weighted by atomic mass is 10.1. The van der Waals surface area contributed by atoms with Crippen LogP contribution in [0.5, 0.6) is 0 Å². The fourth-order valence-electron chi connectivity index (χ4n) is 3.26. The highest BCUT2D eigenvalue weighted by Crippen LogP contribution is 2.43. The first-order valence-electron chi connectivity index (χ1n) is 6.29. The zero-order valence-corrected chi connectivity index (χ0v) is 11.6. The second-order valence-electron chi connectivity index (χ2n) is 5.20. The van der Waals surface area contributed by atoms with Gasteiger partial charge in [0.15, 0.2) is 0 Å². The Labute approximate surface area is 114 Å². The van der Waals surface area contributed by atoms with Crippen molar-refractivity contribution in [3.63, 3.8) is 0 Å². The monoisotopic (exact) mass is 310 g/mol. The van der Waals surface area contributed by atoms with Crippen LogP contribution in [0, 0.1) is 16.0 Å². The summed E-state index contributed by atoms with van der Waals surface area (Å²) < 4.78 is 0. The summed E-state index contributed by atoms with van der Waals surface area (Å²) in [6.07, 6.45) is 3.67. The molecule has 1 aromatic rings. The first-order valence-corrected chi connectivity index (χ1v) is 7.41. The zero-order valence-electron chi connectivity index (χ0n) is 10.0. The smallest absolute Gasteiger partial charge is 0.292 e. The molecule has 3 rings (SSSR count). The molecule has 2 fully saturated rings. The summed E-state index contributed by atoms with van der Waals surface area (Å²) in [6.45, 7) is 0.985. The average molecular weight is 311 g/mol. The summed E-state index contributed by atoms with van der Waals surface area (Å²) >= 11 is 3.35. The first kappa shape index (κ1) is 12.0. The molecule has 1 saturated carbocycles. The molecule has 2 atom stereocenters. The number of nitro groups is 1. The lowest BCUT2D eigenvalue weighted by Crippen LogP contribution is -2.32. The number of fused-ring (bicyclic) bond motifs is 2. The van der Waals surface area contributed by atoms with Crippen molar-refractivity contribution < 1.29 is 4.92 Å².